The lowest BCUT2D eigenvalue weighted by Crippen LogP contribution is -2.41. The standard InChI is InChI=1S/C8H15NO2/c1-5(10)6-2-3-8(11)7(9)4-6/h6-8,11H,2-4,9H2,1H3/t6?,7-,8-/m1/s1. The highest BCUT2D eigenvalue weighted by molar-refractivity contribution is 5.78. The molecule has 3 atom stereocenters. The lowest BCUT2D eigenvalue weighted by atomic mass is 9.82. The lowest BCUT2D eigenvalue weighted by Gasteiger charge is -2.29. The van der Waals surface area contributed by atoms with Gasteiger partial charge in [0.25, 0.3) is 0 Å². The van der Waals surface area contributed by atoms with Gasteiger partial charge in [0.2, 0.25) is 0 Å². The predicted octanol–water partition coefficient (Wildman–Crippen LogP) is 0.0637. The molecule has 0 aliphatic heterocycles. The van der Waals surface area contributed by atoms with Gasteiger partial charge in [-0.3, -0.25) is 4.79 Å². The topological polar surface area (TPSA) is 63.3 Å². The monoisotopic (exact) mass is 157 g/mol. The van der Waals surface area contributed by atoms with E-state index in [2.05, 4.69) is 0 Å². The molecule has 0 aromatic carbocycles. The number of carbonyl (C=O) groups is 1. The Morgan fingerprint density at radius 2 is 2.18 bits per heavy atom. The number of hydrogen-bond acceptors (Lipinski definition) is 3. The van der Waals surface area contributed by atoms with Crippen LogP contribution < -0.4 is 5.73 Å². The van der Waals surface area contributed by atoms with E-state index in [1.54, 1.807) is 6.92 Å². The number of Topliss-reactive ketones (excluding diaryl/α,β-unsaturated/α-hetero) is 1. The Morgan fingerprint density at radius 3 is 2.64 bits per heavy atom. The maximum absolute atomic E-state index is 10.9. The Bertz CT molecular complexity index is 158. The van der Waals surface area contributed by atoms with Crippen molar-refractivity contribution < 1.29 is 9.90 Å². The Kier molecular flexibility index (Phi) is 2.62. The molecule has 0 bridgehead atoms. The van der Waals surface area contributed by atoms with Gasteiger partial charge in [-0.2, -0.15) is 0 Å². The maximum atomic E-state index is 10.9. The zero-order valence-electron chi connectivity index (χ0n) is 6.79. The number of carbonyl (C=O) groups excluding carboxylic acids is 1. The minimum absolute atomic E-state index is 0.0911. The van der Waals surface area contributed by atoms with Gasteiger partial charge in [0.05, 0.1) is 6.10 Å². The van der Waals surface area contributed by atoms with Crippen LogP contribution >= 0.6 is 0 Å². The van der Waals surface area contributed by atoms with Gasteiger partial charge in [-0.1, -0.05) is 0 Å². The van der Waals surface area contributed by atoms with Gasteiger partial charge in [-0.15, -0.1) is 0 Å². The van der Waals surface area contributed by atoms with E-state index >= 15 is 0 Å². The van der Waals surface area contributed by atoms with Gasteiger partial charge < -0.3 is 10.8 Å². The number of nitrogens with two attached hydrogens (primary N) is 1. The van der Waals surface area contributed by atoms with Crippen LogP contribution in [0.3, 0.4) is 0 Å². The average Bonchev–Trinajstić information content (AvgIpc) is 1.94. The molecule has 0 spiro atoms. The molecule has 0 aromatic heterocycles. The third kappa shape index (κ3) is 2.01. The molecule has 1 unspecified atom stereocenters. The van der Waals surface area contributed by atoms with Gasteiger partial charge in [-0.05, 0) is 26.2 Å². The maximum Gasteiger partial charge on any atom is 0.132 e. The SMILES string of the molecule is CC(=O)C1CC[C@@H](O)[C@H](N)C1. The molecule has 64 valence electrons. The molecule has 0 radical (unpaired) electrons. The average molecular weight is 157 g/mol. The predicted molar refractivity (Wildman–Crippen MR) is 42.0 cm³/mol. The van der Waals surface area contributed by atoms with Gasteiger partial charge in [0.15, 0.2) is 0 Å². The van der Waals surface area contributed by atoms with Gasteiger partial charge in [0, 0.05) is 12.0 Å². The number of aliphatic hydroxyl groups excluding tert-OH is 1. The van der Waals surface area contributed by atoms with Crippen molar-refractivity contribution in [2.24, 2.45) is 11.7 Å². The van der Waals surface area contributed by atoms with Crippen LogP contribution in [0.1, 0.15) is 26.2 Å². The van der Waals surface area contributed by atoms with Crippen LogP contribution in [0.4, 0.5) is 0 Å². The number of aliphatic hydroxyl groups is 1. The third-order valence-corrected chi connectivity index (χ3v) is 2.44. The van der Waals surface area contributed by atoms with Crippen LogP contribution in [0, 0.1) is 5.92 Å². The molecule has 11 heavy (non-hydrogen) atoms. The van der Waals surface area contributed by atoms with E-state index in [1.165, 1.54) is 0 Å². The molecule has 3 heteroatoms. The summed E-state index contributed by atoms with van der Waals surface area (Å²) in [6, 6.07) is -0.197. The van der Waals surface area contributed by atoms with E-state index < -0.39 is 6.10 Å². The smallest absolute Gasteiger partial charge is 0.132 e. The summed E-state index contributed by atoms with van der Waals surface area (Å²) in [5.41, 5.74) is 5.60. The molecule has 3 N–H and O–H groups in total. The zero-order chi connectivity index (χ0) is 8.43. The highest BCUT2D eigenvalue weighted by atomic mass is 16.3. The summed E-state index contributed by atoms with van der Waals surface area (Å²) in [4.78, 5) is 10.9. The molecular formula is C8H15NO2. The number of hydrogen-bond donors (Lipinski definition) is 2. The normalized spacial score (nSPS) is 38.6. The van der Waals surface area contributed by atoms with Crippen LogP contribution in [0.2, 0.25) is 0 Å². The summed E-state index contributed by atoms with van der Waals surface area (Å²) in [5.74, 6) is 0.292. The van der Waals surface area contributed by atoms with E-state index in [9.17, 15) is 9.90 Å². The molecule has 0 aromatic rings. The molecule has 0 saturated heterocycles. The minimum atomic E-state index is -0.398. The first-order chi connectivity index (χ1) is 5.11. The van der Waals surface area contributed by atoms with Gasteiger partial charge in [0.1, 0.15) is 5.78 Å². The highest BCUT2D eigenvalue weighted by Gasteiger charge is 2.28. The van der Waals surface area contributed by atoms with E-state index in [4.69, 9.17) is 5.73 Å². The van der Waals surface area contributed by atoms with Crippen molar-refractivity contribution in [2.45, 2.75) is 38.3 Å². The van der Waals surface area contributed by atoms with E-state index in [0.29, 0.717) is 12.8 Å². The van der Waals surface area contributed by atoms with E-state index in [1.807, 2.05) is 0 Å². The summed E-state index contributed by atoms with van der Waals surface area (Å²) < 4.78 is 0. The summed E-state index contributed by atoms with van der Waals surface area (Å²) in [6.45, 7) is 1.59. The molecular weight excluding hydrogens is 142 g/mol. The second kappa shape index (κ2) is 3.32. The molecule has 0 amide bonds. The largest absolute Gasteiger partial charge is 0.392 e. The first kappa shape index (κ1) is 8.68. The van der Waals surface area contributed by atoms with Crippen LogP contribution in [0.5, 0.6) is 0 Å². The Balaban J connectivity index is 2.46. The fraction of sp³-hybridized carbons (Fsp3) is 0.875. The lowest BCUT2D eigenvalue weighted by molar-refractivity contribution is -0.122. The van der Waals surface area contributed by atoms with Crippen LogP contribution in [-0.2, 0) is 4.79 Å². The van der Waals surface area contributed by atoms with Crippen molar-refractivity contribution in [1.29, 1.82) is 0 Å². The van der Waals surface area contributed by atoms with E-state index in [-0.39, 0.29) is 17.7 Å². The number of ketones is 1. The van der Waals surface area contributed by atoms with Crippen molar-refractivity contribution in [3.8, 4) is 0 Å². The van der Waals surface area contributed by atoms with Crippen molar-refractivity contribution in [3.05, 3.63) is 0 Å². The van der Waals surface area contributed by atoms with E-state index in [0.717, 1.165) is 6.42 Å². The van der Waals surface area contributed by atoms with Gasteiger partial charge >= 0.3 is 0 Å². The number of rotatable bonds is 1. The van der Waals surface area contributed by atoms with Crippen LogP contribution in [0.25, 0.3) is 0 Å². The first-order valence-corrected chi connectivity index (χ1v) is 4.05. The third-order valence-electron chi connectivity index (χ3n) is 2.44. The van der Waals surface area contributed by atoms with Crippen molar-refractivity contribution in [1.82, 2.24) is 0 Å². The Labute approximate surface area is 66.6 Å². The highest BCUT2D eigenvalue weighted by Crippen LogP contribution is 2.23. The molecule has 0 heterocycles. The summed E-state index contributed by atoms with van der Waals surface area (Å²) in [5, 5.41) is 9.24. The Morgan fingerprint density at radius 1 is 1.55 bits per heavy atom. The second-order valence-corrected chi connectivity index (χ2v) is 3.35. The van der Waals surface area contributed by atoms with Crippen molar-refractivity contribution in [2.75, 3.05) is 0 Å². The van der Waals surface area contributed by atoms with Crippen molar-refractivity contribution in [3.63, 3.8) is 0 Å². The molecule has 1 aliphatic rings. The van der Waals surface area contributed by atoms with Crippen LogP contribution in [-0.4, -0.2) is 23.0 Å². The molecule has 1 saturated carbocycles. The molecule has 1 fully saturated rings. The first-order valence-electron chi connectivity index (χ1n) is 4.05. The van der Waals surface area contributed by atoms with Crippen LogP contribution in [0.15, 0.2) is 0 Å². The van der Waals surface area contributed by atoms with Gasteiger partial charge in [-0.25, -0.2) is 0 Å². The summed E-state index contributed by atoms with van der Waals surface area (Å²) in [6.07, 6.45) is 1.72. The summed E-state index contributed by atoms with van der Waals surface area (Å²) >= 11 is 0. The van der Waals surface area contributed by atoms with Crippen molar-refractivity contribution >= 4 is 5.78 Å². The zero-order valence-corrected chi connectivity index (χ0v) is 6.79. The minimum Gasteiger partial charge on any atom is -0.392 e. The fourth-order valence-electron chi connectivity index (χ4n) is 1.56. The second-order valence-electron chi connectivity index (χ2n) is 3.35. The fourth-order valence-corrected chi connectivity index (χ4v) is 1.56. The summed E-state index contributed by atoms with van der Waals surface area (Å²) in [7, 11) is 0. The molecule has 1 rings (SSSR count). The quantitative estimate of drug-likeness (QED) is 0.566. The molecule has 1 aliphatic carbocycles. The Hall–Kier alpha value is -0.410. The molecule has 3 nitrogen and oxygen atoms in total.